The first-order valence-electron chi connectivity index (χ1n) is 10.3. The molecule has 1 heteroatoms. The average Bonchev–Trinajstić information content (AvgIpc) is 3.28. The van der Waals surface area contributed by atoms with Gasteiger partial charge in [-0.3, -0.25) is 4.79 Å². The molecule has 0 bridgehead atoms. The summed E-state index contributed by atoms with van der Waals surface area (Å²) in [5, 5.41) is 0. The van der Waals surface area contributed by atoms with Gasteiger partial charge in [-0.05, 0) is 97.4 Å². The quantitative estimate of drug-likeness (QED) is 0.646. The van der Waals surface area contributed by atoms with Crippen molar-refractivity contribution < 1.29 is 4.79 Å². The molecule has 126 valence electrons. The minimum Gasteiger partial charge on any atom is -0.295 e. The summed E-state index contributed by atoms with van der Waals surface area (Å²) >= 11 is 0. The third-order valence-electron chi connectivity index (χ3n) is 9.33. The van der Waals surface area contributed by atoms with Gasteiger partial charge in [0.15, 0.2) is 5.78 Å². The summed E-state index contributed by atoms with van der Waals surface area (Å²) in [6, 6.07) is 0. The molecule has 5 rings (SSSR count). The fourth-order valence-corrected chi connectivity index (χ4v) is 8.39. The summed E-state index contributed by atoms with van der Waals surface area (Å²) in [5.41, 5.74) is 2.21. The standard InChI is InChI=1S/C22H32O/c1-4-22-8-7-17-16-6-5-15(23)10-14(16)9-12(2)20(17)21(22)19-11-18(19)13(22)3/h10,12-13,16-21H,4-9,11H2,1-3H3/t12-,13?,16?,17?,18?,19?,20?,21?,22?/m0/s1. The lowest BCUT2D eigenvalue weighted by Crippen LogP contribution is -2.51. The van der Waals surface area contributed by atoms with E-state index in [4.69, 9.17) is 0 Å². The molecule has 5 aliphatic carbocycles. The highest BCUT2D eigenvalue weighted by atomic mass is 16.1. The Hall–Kier alpha value is -0.590. The van der Waals surface area contributed by atoms with E-state index < -0.39 is 0 Å². The lowest BCUT2D eigenvalue weighted by Gasteiger charge is -2.58. The van der Waals surface area contributed by atoms with Crippen LogP contribution in [0.5, 0.6) is 0 Å². The van der Waals surface area contributed by atoms with Gasteiger partial charge in [-0.2, -0.15) is 0 Å². The van der Waals surface area contributed by atoms with Crippen LogP contribution in [-0.4, -0.2) is 5.78 Å². The van der Waals surface area contributed by atoms with Crippen LogP contribution in [0.1, 0.15) is 65.7 Å². The molecule has 5 aliphatic rings. The second kappa shape index (κ2) is 4.73. The second-order valence-corrected chi connectivity index (χ2v) is 9.76. The number of carbonyl (C=O) groups excluding carboxylic acids is 1. The monoisotopic (exact) mass is 312 g/mol. The smallest absolute Gasteiger partial charge is 0.155 e. The highest BCUT2D eigenvalue weighted by molar-refractivity contribution is 5.91. The van der Waals surface area contributed by atoms with Crippen LogP contribution in [-0.2, 0) is 4.79 Å². The van der Waals surface area contributed by atoms with Gasteiger partial charge in [0, 0.05) is 6.42 Å². The van der Waals surface area contributed by atoms with Crippen molar-refractivity contribution in [1.82, 2.24) is 0 Å². The van der Waals surface area contributed by atoms with E-state index in [-0.39, 0.29) is 0 Å². The van der Waals surface area contributed by atoms with Gasteiger partial charge >= 0.3 is 0 Å². The van der Waals surface area contributed by atoms with E-state index in [0.717, 1.165) is 60.2 Å². The van der Waals surface area contributed by atoms with Crippen molar-refractivity contribution in [3.63, 3.8) is 0 Å². The van der Waals surface area contributed by atoms with Gasteiger partial charge in [-0.15, -0.1) is 0 Å². The molecule has 0 spiro atoms. The Balaban J connectivity index is 1.54. The van der Waals surface area contributed by atoms with E-state index in [0.29, 0.717) is 11.2 Å². The van der Waals surface area contributed by atoms with Gasteiger partial charge in [-0.25, -0.2) is 0 Å². The summed E-state index contributed by atoms with van der Waals surface area (Å²) in [7, 11) is 0. The maximum Gasteiger partial charge on any atom is 0.155 e. The third kappa shape index (κ3) is 1.78. The summed E-state index contributed by atoms with van der Waals surface area (Å²) in [6.45, 7) is 7.58. The van der Waals surface area contributed by atoms with Crippen LogP contribution in [0.2, 0.25) is 0 Å². The molecule has 0 aromatic rings. The fourth-order valence-electron chi connectivity index (χ4n) is 8.39. The zero-order valence-electron chi connectivity index (χ0n) is 15.1. The molecule has 4 saturated carbocycles. The Bertz CT molecular complexity index is 575. The van der Waals surface area contributed by atoms with E-state index in [1.54, 1.807) is 0 Å². The molecule has 9 atom stereocenters. The zero-order valence-corrected chi connectivity index (χ0v) is 15.1. The number of fused-ring (bicyclic) bond motifs is 7. The first-order valence-corrected chi connectivity index (χ1v) is 10.3. The molecule has 1 nitrogen and oxygen atoms in total. The highest BCUT2D eigenvalue weighted by Crippen LogP contribution is 2.75. The molecule has 0 aromatic carbocycles. The van der Waals surface area contributed by atoms with Gasteiger partial charge in [0.1, 0.15) is 0 Å². The van der Waals surface area contributed by atoms with Gasteiger partial charge in [0.2, 0.25) is 0 Å². The van der Waals surface area contributed by atoms with Gasteiger partial charge in [0.25, 0.3) is 0 Å². The molecule has 8 unspecified atom stereocenters. The Labute approximate surface area is 141 Å². The molecule has 0 radical (unpaired) electrons. The Morgan fingerprint density at radius 1 is 1.17 bits per heavy atom. The number of hydrogen-bond acceptors (Lipinski definition) is 1. The SMILES string of the molecule is CCC12CCC3C4CCC(=O)C=C4C[C@H](C)C3C1C1CC1C2C. The minimum atomic E-state index is 0.400. The molecule has 0 heterocycles. The maximum atomic E-state index is 11.9. The van der Waals surface area contributed by atoms with Crippen LogP contribution in [0.25, 0.3) is 0 Å². The Kier molecular flexibility index (Phi) is 3.03. The van der Waals surface area contributed by atoms with Crippen LogP contribution in [0.3, 0.4) is 0 Å². The van der Waals surface area contributed by atoms with Crippen LogP contribution >= 0.6 is 0 Å². The van der Waals surface area contributed by atoms with Crippen LogP contribution in [0.4, 0.5) is 0 Å². The first-order chi connectivity index (χ1) is 11.1. The van der Waals surface area contributed by atoms with Crippen LogP contribution < -0.4 is 0 Å². The number of rotatable bonds is 1. The topological polar surface area (TPSA) is 17.1 Å². The number of carbonyl (C=O) groups is 1. The van der Waals surface area contributed by atoms with Crippen molar-refractivity contribution in [2.45, 2.75) is 65.7 Å². The van der Waals surface area contributed by atoms with E-state index in [2.05, 4.69) is 26.8 Å². The predicted molar refractivity (Wildman–Crippen MR) is 92.8 cm³/mol. The van der Waals surface area contributed by atoms with Crippen molar-refractivity contribution in [2.75, 3.05) is 0 Å². The van der Waals surface area contributed by atoms with Gasteiger partial charge in [-0.1, -0.05) is 26.3 Å². The van der Waals surface area contributed by atoms with Crippen molar-refractivity contribution >= 4 is 5.78 Å². The fraction of sp³-hybridized carbons (Fsp3) is 0.864. The molecular formula is C22H32O. The van der Waals surface area contributed by atoms with Crippen molar-refractivity contribution in [3.05, 3.63) is 11.6 Å². The molecule has 4 fully saturated rings. The molecular weight excluding hydrogens is 280 g/mol. The predicted octanol–water partition coefficient (Wildman–Crippen LogP) is 5.26. The highest BCUT2D eigenvalue weighted by Gasteiger charge is 2.69. The van der Waals surface area contributed by atoms with E-state index in [1.165, 1.54) is 37.7 Å². The van der Waals surface area contributed by atoms with Crippen LogP contribution in [0, 0.1) is 52.8 Å². The summed E-state index contributed by atoms with van der Waals surface area (Å²) in [5.74, 6) is 7.94. The lowest BCUT2D eigenvalue weighted by molar-refractivity contribution is -0.116. The molecule has 0 amide bonds. The largest absolute Gasteiger partial charge is 0.295 e. The number of ketones is 1. The summed E-state index contributed by atoms with van der Waals surface area (Å²) < 4.78 is 0. The van der Waals surface area contributed by atoms with Crippen LogP contribution in [0.15, 0.2) is 11.6 Å². The Morgan fingerprint density at radius 3 is 2.78 bits per heavy atom. The minimum absolute atomic E-state index is 0.400. The van der Waals surface area contributed by atoms with E-state index in [9.17, 15) is 4.79 Å². The molecule has 0 aromatic heterocycles. The van der Waals surface area contributed by atoms with E-state index >= 15 is 0 Å². The Morgan fingerprint density at radius 2 is 2.00 bits per heavy atom. The maximum absolute atomic E-state index is 11.9. The van der Waals surface area contributed by atoms with Gasteiger partial charge in [0.05, 0.1) is 0 Å². The van der Waals surface area contributed by atoms with E-state index in [1.807, 2.05) is 0 Å². The number of hydrogen-bond donors (Lipinski definition) is 0. The average molecular weight is 312 g/mol. The van der Waals surface area contributed by atoms with Crippen molar-refractivity contribution in [2.24, 2.45) is 52.8 Å². The first kappa shape index (κ1) is 14.7. The molecule has 0 aliphatic heterocycles. The normalized spacial score (nSPS) is 57.0. The van der Waals surface area contributed by atoms with Gasteiger partial charge < -0.3 is 0 Å². The zero-order chi connectivity index (χ0) is 15.9. The number of allylic oxidation sites excluding steroid dienone is 1. The molecule has 0 N–H and O–H groups in total. The second-order valence-electron chi connectivity index (χ2n) is 9.76. The molecule has 0 saturated heterocycles. The lowest BCUT2D eigenvalue weighted by atomic mass is 9.47. The third-order valence-corrected chi connectivity index (χ3v) is 9.33. The summed E-state index contributed by atoms with van der Waals surface area (Å²) in [4.78, 5) is 11.9. The van der Waals surface area contributed by atoms with Crippen molar-refractivity contribution in [3.8, 4) is 0 Å². The summed E-state index contributed by atoms with van der Waals surface area (Å²) in [6.07, 6.45) is 11.1. The van der Waals surface area contributed by atoms with Crippen molar-refractivity contribution in [1.29, 1.82) is 0 Å². The molecule has 23 heavy (non-hydrogen) atoms.